The van der Waals surface area contributed by atoms with Crippen molar-refractivity contribution in [3.05, 3.63) is 35.4 Å². The van der Waals surface area contributed by atoms with Crippen LogP contribution in [0.3, 0.4) is 0 Å². The van der Waals surface area contributed by atoms with E-state index in [1.54, 1.807) is 14.1 Å². The predicted octanol–water partition coefficient (Wildman–Crippen LogP) is 2.34. The van der Waals surface area contributed by atoms with Gasteiger partial charge >= 0.3 is 6.18 Å². The van der Waals surface area contributed by atoms with Gasteiger partial charge < -0.3 is 4.90 Å². The van der Waals surface area contributed by atoms with Gasteiger partial charge in [-0.3, -0.25) is 4.79 Å². The van der Waals surface area contributed by atoms with Crippen molar-refractivity contribution >= 4 is 5.91 Å². The van der Waals surface area contributed by atoms with Crippen LogP contribution in [-0.2, 0) is 17.4 Å². The summed E-state index contributed by atoms with van der Waals surface area (Å²) >= 11 is 0. The second kappa shape index (κ2) is 4.55. The Labute approximate surface area is 91.7 Å². The molecule has 2 nitrogen and oxygen atoms in total. The number of alkyl halides is 3. The van der Waals surface area contributed by atoms with Crippen LogP contribution in [0.15, 0.2) is 24.3 Å². The lowest BCUT2D eigenvalue weighted by atomic mass is 10.1. The molecule has 0 saturated heterocycles. The summed E-state index contributed by atoms with van der Waals surface area (Å²) in [5.74, 6) is -0.139. The first kappa shape index (κ1) is 12.5. The number of rotatable bonds is 2. The van der Waals surface area contributed by atoms with Gasteiger partial charge in [-0.05, 0) is 17.7 Å². The second-order valence-corrected chi connectivity index (χ2v) is 3.66. The van der Waals surface area contributed by atoms with Crippen LogP contribution in [0.4, 0.5) is 13.2 Å². The number of benzene rings is 1. The first-order chi connectivity index (χ1) is 7.30. The molecule has 0 aliphatic heterocycles. The molecule has 0 aliphatic rings. The second-order valence-electron chi connectivity index (χ2n) is 3.66. The predicted molar refractivity (Wildman–Crippen MR) is 53.8 cm³/mol. The summed E-state index contributed by atoms with van der Waals surface area (Å²) in [7, 11) is 3.21. The van der Waals surface area contributed by atoms with Crippen LogP contribution < -0.4 is 0 Å². The molecular formula is C11H12F3NO. The van der Waals surface area contributed by atoms with Crippen LogP contribution in [0.5, 0.6) is 0 Å². The number of amides is 1. The number of carbonyl (C=O) groups is 1. The van der Waals surface area contributed by atoms with Gasteiger partial charge in [-0.2, -0.15) is 13.2 Å². The monoisotopic (exact) mass is 231 g/mol. The number of nitrogens with zero attached hydrogens (tertiary/aromatic N) is 1. The van der Waals surface area contributed by atoms with E-state index in [4.69, 9.17) is 0 Å². The van der Waals surface area contributed by atoms with E-state index in [-0.39, 0.29) is 12.3 Å². The van der Waals surface area contributed by atoms with Gasteiger partial charge in [0.15, 0.2) is 0 Å². The molecule has 1 aromatic rings. The van der Waals surface area contributed by atoms with Gasteiger partial charge in [-0.25, -0.2) is 0 Å². The molecule has 1 amide bonds. The maximum atomic E-state index is 12.2. The third-order valence-corrected chi connectivity index (χ3v) is 2.14. The molecule has 0 radical (unpaired) electrons. The van der Waals surface area contributed by atoms with Gasteiger partial charge in [0.25, 0.3) is 0 Å². The highest BCUT2D eigenvalue weighted by atomic mass is 19.4. The Morgan fingerprint density at radius 1 is 1.19 bits per heavy atom. The maximum Gasteiger partial charge on any atom is 0.416 e. The molecule has 88 valence electrons. The molecule has 0 N–H and O–H groups in total. The molecule has 0 unspecified atom stereocenters. The quantitative estimate of drug-likeness (QED) is 0.765. The number of halogens is 3. The zero-order valence-electron chi connectivity index (χ0n) is 9.01. The normalized spacial score (nSPS) is 11.3. The fourth-order valence-electron chi connectivity index (χ4n) is 1.14. The van der Waals surface area contributed by atoms with Crippen molar-refractivity contribution < 1.29 is 18.0 Å². The lowest BCUT2D eigenvalue weighted by molar-refractivity contribution is -0.137. The highest BCUT2D eigenvalue weighted by Crippen LogP contribution is 2.29. The van der Waals surface area contributed by atoms with Crippen molar-refractivity contribution in [2.45, 2.75) is 12.6 Å². The van der Waals surface area contributed by atoms with E-state index in [1.807, 2.05) is 0 Å². The summed E-state index contributed by atoms with van der Waals surface area (Å²) in [5, 5.41) is 0. The van der Waals surface area contributed by atoms with Gasteiger partial charge in [-0.15, -0.1) is 0 Å². The van der Waals surface area contributed by atoms with Crippen LogP contribution in [0.2, 0.25) is 0 Å². The molecule has 5 heteroatoms. The van der Waals surface area contributed by atoms with E-state index in [9.17, 15) is 18.0 Å². The van der Waals surface area contributed by atoms with Crippen molar-refractivity contribution in [3.8, 4) is 0 Å². The Kier molecular flexibility index (Phi) is 3.57. The SMILES string of the molecule is CN(C)C(=O)Cc1ccc(C(F)(F)F)cc1. The molecule has 0 atom stereocenters. The largest absolute Gasteiger partial charge is 0.416 e. The molecule has 0 aliphatic carbocycles. The zero-order chi connectivity index (χ0) is 12.3. The van der Waals surface area contributed by atoms with Gasteiger partial charge in [0.05, 0.1) is 12.0 Å². The summed E-state index contributed by atoms with van der Waals surface area (Å²) in [6.45, 7) is 0. The number of hydrogen-bond acceptors (Lipinski definition) is 1. The Balaban J connectivity index is 2.76. The molecule has 0 fully saturated rings. The molecule has 1 rings (SSSR count). The Hall–Kier alpha value is -1.52. The summed E-state index contributed by atoms with van der Waals surface area (Å²) in [6, 6.07) is 4.62. The highest BCUT2D eigenvalue weighted by Gasteiger charge is 2.29. The maximum absolute atomic E-state index is 12.2. The molecule has 0 spiro atoms. The Morgan fingerprint density at radius 2 is 1.69 bits per heavy atom. The van der Waals surface area contributed by atoms with E-state index < -0.39 is 11.7 Å². The minimum absolute atomic E-state index is 0.116. The number of likely N-dealkylation sites (N-methyl/N-ethyl adjacent to an activating group) is 1. The van der Waals surface area contributed by atoms with Crippen LogP contribution in [0.1, 0.15) is 11.1 Å². The van der Waals surface area contributed by atoms with E-state index >= 15 is 0 Å². The zero-order valence-corrected chi connectivity index (χ0v) is 9.01. The molecule has 1 aromatic carbocycles. The van der Waals surface area contributed by atoms with Gasteiger partial charge in [0.2, 0.25) is 5.91 Å². The molecule has 16 heavy (non-hydrogen) atoms. The Bertz CT molecular complexity index is 368. The Morgan fingerprint density at radius 3 is 2.06 bits per heavy atom. The first-order valence-corrected chi connectivity index (χ1v) is 4.67. The van der Waals surface area contributed by atoms with E-state index in [0.717, 1.165) is 12.1 Å². The minimum Gasteiger partial charge on any atom is -0.349 e. The fourth-order valence-corrected chi connectivity index (χ4v) is 1.14. The van der Waals surface area contributed by atoms with Crippen LogP contribution >= 0.6 is 0 Å². The summed E-state index contributed by atoms with van der Waals surface area (Å²) < 4.78 is 36.7. The summed E-state index contributed by atoms with van der Waals surface area (Å²) in [4.78, 5) is 12.7. The van der Waals surface area contributed by atoms with Crippen molar-refractivity contribution in [2.24, 2.45) is 0 Å². The summed E-state index contributed by atoms with van der Waals surface area (Å²) in [6.07, 6.45) is -4.21. The minimum atomic E-state index is -4.33. The molecule has 0 aromatic heterocycles. The van der Waals surface area contributed by atoms with Gasteiger partial charge in [-0.1, -0.05) is 12.1 Å². The molecule has 0 heterocycles. The molecule has 0 bridgehead atoms. The standard InChI is InChI=1S/C11H12F3NO/c1-15(2)10(16)7-8-3-5-9(6-4-8)11(12,13)14/h3-6H,7H2,1-2H3. The average molecular weight is 231 g/mol. The smallest absolute Gasteiger partial charge is 0.349 e. The van der Waals surface area contributed by atoms with E-state index in [2.05, 4.69) is 0 Å². The lowest BCUT2D eigenvalue weighted by Gasteiger charge is -2.11. The summed E-state index contributed by atoms with van der Waals surface area (Å²) in [5.41, 5.74) is -0.125. The average Bonchev–Trinajstić information content (AvgIpc) is 2.17. The number of carbonyl (C=O) groups excluding carboxylic acids is 1. The first-order valence-electron chi connectivity index (χ1n) is 4.67. The van der Waals surface area contributed by atoms with Gasteiger partial charge in [0, 0.05) is 14.1 Å². The van der Waals surface area contributed by atoms with Crippen molar-refractivity contribution in [2.75, 3.05) is 14.1 Å². The highest BCUT2D eigenvalue weighted by molar-refractivity contribution is 5.78. The fraction of sp³-hybridized carbons (Fsp3) is 0.364. The lowest BCUT2D eigenvalue weighted by Crippen LogP contribution is -2.23. The van der Waals surface area contributed by atoms with Crippen molar-refractivity contribution in [3.63, 3.8) is 0 Å². The topological polar surface area (TPSA) is 20.3 Å². The van der Waals surface area contributed by atoms with Crippen LogP contribution in [-0.4, -0.2) is 24.9 Å². The van der Waals surface area contributed by atoms with Crippen molar-refractivity contribution in [1.82, 2.24) is 4.90 Å². The third kappa shape index (κ3) is 3.25. The number of hydrogen-bond donors (Lipinski definition) is 0. The third-order valence-electron chi connectivity index (χ3n) is 2.14. The van der Waals surface area contributed by atoms with E-state index in [0.29, 0.717) is 5.56 Å². The van der Waals surface area contributed by atoms with Crippen molar-refractivity contribution in [1.29, 1.82) is 0 Å². The molecule has 0 saturated carbocycles. The molecular weight excluding hydrogens is 219 g/mol. The van der Waals surface area contributed by atoms with Crippen LogP contribution in [0, 0.1) is 0 Å². The van der Waals surface area contributed by atoms with Crippen LogP contribution in [0.25, 0.3) is 0 Å². The van der Waals surface area contributed by atoms with E-state index in [1.165, 1.54) is 17.0 Å². The van der Waals surface area contributed by atoms with Gasteiger partial charge in [0.1, 0.15) is 0 Å².